The van der Waals surface area contributed by atoms with E-state index >= 15 is 0 Å². The summed E-state index contributed by atoms with van der Waals surface area (Å²) in [5.74, 6) is 0.915. The van der Waals surface area contributed by atoms with Crippen LogP contribution in [-0.4, -0.2) is 34.2 Å². The van der Waals surface area contributed by atoms with Crippen molar-refractivity contribution in [3.8, 4) is 16.8 Å². The fraction of sp³-hybridized carbons (Fsp3) is 0.111. The number of benzene rings is 3. The van der Waals surface area contributed by atoms with E-state index in [0.29, 0.717) is 44.5 Å². The Morgan fingerprint density at radius 2 is 1.69 bits per heavy atom. The van der Waals surface area contributed by atoms with Gasteiger partial charge < -0.3 is 11.1 Å². The zero-order valence-electron chi connectivity index (χ0n) is 21.0. The van der Waals surface area contributed by atoms with E-state index in [1.807, 2.05) is 37.3 Å². The number of hydrogen-bond acceptors (Lipinski definition) is 8. The summed E-state index contributed by atoms with van der Waals surface area (Å²) < 4.78 is 27.1. The number of fused-ring (bicyclic) bond motifs is 1. The summed E-state index contributed by atoms with van der Waals surface area (Å²) in [7, 11) is -3.41. The molecule has 0 saturated carbocycles. The molecule has 4 N–H and O–H groups in total. The van der Waals surface area contributed by atoms with Gasteiger partial charge in [0.25, 0.3) is 5.56 Å². The second kappa shape index (κ2) is 10.4. The van der Waals surface area contributed by atoms with Gasteiger partial charge in [-0.1, -0.05) is 48.0 Å². The zero-order valence-corrected chi connectivity index (χ0v) is 22.5. The predicted octanol–water partition coefficient (Wildman–Crippen LogP) is 4.62. The highest BCUT2D eigenvalue weighted by Gasteiger charge is 2.21. The Bertz CT molecular complexity index is 1840. The second-order valence-corrected chi connectivity index (χ2v) is 11.0. The number of aromatic nitrogens is 4. The fourth-order valence-electron chi connectivity index (χ4n) is 4.24. The van der Waals surface area contributed by atoms with Crippen LogP contribution < -0.4 is 21.3 Å². The highest BCUT2D eigenvalue weighted by atomic mass is 35.5. The van der Waals surface area contributed by atoms with Gasteiger partial charge in [-0.05, 0) is 48.9 Å². The highest BCUT2D eigenvalue weighted by molar-refractivity contribution is 7.92. The Labute approximate surface area is 229 Å². The van der Waals surface area contributed by atoms with Crippen LogP contribution in [0.25, 0.3) is 27.7 Å². The monoisotopic (exact) mass is 561 g/mol. The average molecular weight is 562 g/mol. The summed E-state index contributed by atoms with van der Waals surface area (Å²) in [6.07, 6.45) is 2.66. The van der Waals surface area contributed by atoms with Crippen molar-refractivity contribution in [3.63, 3.8) is 0 Å². The van der Waals surface area contributed by atoms with Crippen LogP contribution in [0, 0.1) is 0 Å². The van der Waals surface area contributed by atoms with Crippen molar-refractivity contribution in [1.82, 2.24) is 19.5 Å². The molecule has 0 aliphatic carbocycles. The van der Waals surface area contributed by atoms with E-state index < -0.39 is 16.1 Å². The van der Waals surface area contributed by atoms with E-state index in [1.54, 1.807) is 48.7 Å². The lowest BCUT2D eigenvalue weighted by molar-refractivity contribution is 0.607. The Morgan fingerprint density at radius 1 is 0.974 bits per heavy atom. The van der Waals surface area contributed by atoms with Gasteiger partial charge in [-0.3, -0.25) is 14.1 Å². The van der Waals surface area contributed by atoms with Crippen LogP contribution in [0.3, 0.4) is 0 Å². The summed E-state index contributed by atoms with van der Waals surface area (Å²) >= 11 is 6.40. The van der Waals surface area contributed by atoms with Gasteiger partial charge in [0.2, 0.25) is 16.0 Å². The van der Waals surface area contributed by atoms with E-state index in [9.17, 15) is 13.2 Å². The van der Waals surface area contributed by atoms with Gasteiger partial charge in [0.1, 0.15) is 11.6 Å². The molecule has 2 heterocycles. The maximum absolute atomic E-state index is 13.7. The summed E-state index contributed by atoms with van der Waals surface area (Å²) in [4.78, 5) is 27.1. The van der Waals surface area contributed by atoms with Crippen molar-refractivity contribution in [2.24, 2.45) is 0 Å². The molecule has 0 bridgehead atoms. The van der Waals surface area contributed by atoms with Crippen LogP contribution in [0.1, 0.15) is 18.8 Å². The molecule has 2 aromatic heterocycles. The van der Waals surface area contributed by atoms with Gasteiger partial charge in [0, 0.05) is 17.4 Å². The molecule has 0 saturated heterocycles. The summed E-state index contributed by atoms with van der Waals surface area (Å²) in [5, 5.41) is 3.99. The first-order valence-corrected chi connectivity index (χ1v) is 14.1. The predicted molar refractivity (Wildman–Crippen MR) is 155 cm³/mol. The zero-order chi connectivity index (χ0) is 27.7. The van der Waals surface area contributed by atoms with Crippen molar-refractivity contribution >= 4 is 50.0 Å². The van der Waals surface area contributed by atoms with Gasteiger partial charge in [-0.25, -0.2) is 18.4 Å². The third-order valence-electron chi connectivity index (χ3n) is 5.93. The van der Waals surface area contributed by atoms with E-state index in [1.165, 1.54) is 4.57 Å². The Morgan fingerprint density at radius 3 is 2.38 bits per heavy atom. The van der Waals surface area contributed by atoms with Crippen LogP contribution in [0.5, 0.6) is 0 Å². The number of nitrogens with two attached hydrogens (primary N) is 1. The van der Waals surface area contributed by atoms with E-state index in [2.05, 4.69) is 20.0 Å². The van der Waals surface area contributed by atoms with E-state index in [0.717, 1.165) is 11.8 Å². The number of para-hydroxylation sites is 1. The van der Waals surface area contributed by atoms with Crippen molar-refractivity contribution < 1.29 is 8.42 Å². The maximum Gasteiger partial charge on any atom is 0.267 e. The Kier molecular flexibility index (Phi) is 6.94. The number of nitrogen functional groups attached to an aromatic ring is 1. The lowest BCUT2D eigenvalue weighted by Gasteiger charge is -2.21. The highest BCUT2D eigenvalue weighted by Crippen LogP contribution is 2.31. The molecule has 10 nitrogen and oxygen atoms in total. The smallest absolute Gasteiger partial charge is 0.267 e. The number of hydrogen-bond donors (Lipinski definition) is 3. The third-order valence-corrected chi connectivity index (χ3v) is 6.86. The molecule has 0 aliphatic rings. The van der Waals surface area contributed by atoms with Crippen molar-refractivity contribution in [2.45, 2.75) is 13.0 Å². The average Bonchev–Trinajstić information content (AvgIpc) is 2.89. The van der Waals surface area contributed by atoms with Crippen LogP contribution in [0.2, 0.25) is 5.02 Å². The van der Waals surface area contributed by atoms with Crippen LogP contribution >= 0.6 is 11.6 Å². The molecule has 0 spiro atoms. The molecule has 0 unspecified atom stereocenters. The number of anilines is 3. The van der Waals surface area contributed by atoms with Gasteiger partial charge in [-0.2, -0.15) is 4.98 Å². The van der Waals surface area contributed by atoms with E-state index in [4.69, 9.17) is 22.3 Å². The quantitative estimate of drug-likeness (QED) is 0.261. The number of nitrogens with one attached hydrogen (secondary N) is 2. The van der Waals surface area contributed by atoms with Crippen molar-refractivity contribution in [3.05, 3.63) is 100 Å². The first-order valence-electron chi connectivity index (χ1n) is 11.8. The van der Waals surface area contributed by atoms with Gasteiger partial charge in [-0.15, -0.1) is 0 Å². The largest absolute Gasteiger partial charge is 0.368 e. The Hall–Kier alpha value is -4.48. The van der Waals surface area contributed by atoms with Crippen LogP contribution in [0.4, 0.5) is 17.5 Å². The van der Waals surface area contributed by atoms with E-state index in [-0.39, 0.29) is 11.5 Å². The molecule has 0 amide bonds. The molecule has 39 heavy (non-hydrogen) atoms. The third kappa shape index (κ3) is 5.54. The molecule has 5 rings (SSSR count). The van der Waals surface area contributed by atoms with Gasteiger partial charge in [0.15, 0.2) is 0 Å². The topological polar surface area (TPSA) is 145 Å². The first-order chi connectivity index (χ1) is 18.6. The van der Waals surface area contributed by atoms with Gasteiger partial charge in [0.05, 0.1) is 33.9 Å². The standard InChI is InChI=1S/C27H24ClN7O3S/c1-16(25-32-22-10-6-9-21(28)23(22)26(36)35(25)19-7-4-3-5-8-19)31-24-20(15-30-27(29)33-24)17-11-13-18(14-12-17)34-39(2,37)38/h3-16,34H,1-2H3,(H3,29,30,31,33)/t16-/m0/s1. The molecule has 0 aliphatic heterocycles. The minimum atomic E-state index is -3.41. The maximum atomic E-state index is 13.7. The second-order valence-electron chi connectivity index (χ2n) is 8.89. The summed E-state index contributed by atoms with van der Waals surface area (Å²) in [6.45, 7) is 1.86. The molecule has 1 atom stereocenters. The molecular weight excluding hydrogens is 538 g/mol. The van der Waals surface area contributed by atoms with Crippen molar-refractivity contribution in [2.75, 3.05) is 22.0 Å². The lowest BCUT2D eigenvalue weighted by Crippen LogP contribution is -2.27. The number of nitrogens with zero attached hydrogens (tertiary/aromatic N) is 4. The SMILES string of the molecule is C[C@H](Nc1nc(N)ncc1-c1ccc(NS(C)(=O)=O)cc1)c1nc2cccc(Cl)c2c(=O)n1-c1ccccc1. The molecule has 12 heteroatoms. The summed E-state index contributed by atoms with van der Waals surface area (Å²) in [6, 6.07) is 20.6. The Balaban J connectivity index is 1.59. The molecule has 5 aromatic rings. The van der Waals surface area contributed by atoms with Crippen molar-refractivity contribution in [1.29, 1.82) is 0 Å². The number of halogens is 1. The normalized spacial score (nSPS) is 12.3. The molecule has 198 valence electrons. The van der Waals surface area contributed by atoms with Gasteiger partial charge >= 0.3 is 0 Å². The molecule has 0 fully saturated rings. The minimum Gasteiger partial charge on any atom is -0.368 e. The number of sulfonamides is 1. The first kappa shape index (κ1) is 26.1. The minimum absolute atomic E-state index is 0.0579. The number of rotatable bonds is 7. The molecule has 3 aromatic carbocycles. The fourth-order valence-corrected chi connectivity index (χ4v) is 5.06. The lowest BCUT2D eigenvalue weighted by atomic mass is 10.1. The summed E-state index contributed by atoms with van der Waals surface area (Å²) in [5.41, 5.74) is 8.51. The molecule has 0 radical (unpaired) electrons. The van der Waals surface area contributed by atoms with Crippen LogP contribution in [-0.2, 0) is 10.0 Å². The van der Waals surface area contributed by atoms with Crippen LogP contribution in [0.15, 0.2) is 83.8 Å². The molecular formula is C27H24ClN7O3S.